The van der Waals surface area contributed by atoms with Crippen molar-refractivity contribution in [3.8, 4) is 11.5 Å². The van der Waals surface area contributed by atoms with E-state index < -0.39 is 0 Å². The van der Waals surface area contributed by atoms with Gasteiger partial charge in [0, 0.05) is 42.0 Å². The average Bonchev–Trinajstić information content (AvgIpc) is 2.92. The van der Waals surface area contributed by atoms with Gasteiger partial charge in [-0.1, -0.05) is 101 Å². The van der Waals surface area contributed by atoms with Crippen LogP contribution in [0, 0.1) is 5.92 Å². The summed E-state index contributed by atoms with van der Waals surface area (Å²) < 4.78 is 6.12. The molecule has 5 rings (SSSR count). The standard InChI is InChI=1S/C35H41NO3/c1-35(2,3)30-20-18-25(17-19-26(37)21-24-11-5-4-6-12-24)22-31(30)36-34(38)23-29-27-13-7-9-15-32(27)39-33-16-10-8-14-28(29)33/h7-10,13-16,18,20,22,24,29H,4-6,11-12,17,19,21,23H2,1-3H3,(H,36,38). The van der Waals surface area contributed by atoms with Gasteiger partial charge in [0.05, 0.1) is 0 Å². The predicted molar refractivity (Wildman–Crippen MR) is 158 cm³/mol. The van der Waals surface area contributed by atoms with Crippen molar-refractivity contribution in [2.24, 2.45) is 5.92 Å². The largest absolute Gasteiger partial charge is 0.457 e. The van der Waals surface area contributed by atoms with E-state index in [0.717, 1.165) is 45.9 Å². The first-order valence-corrected chi connectivity index (χ1v) is 14.6. The molecule has 0 radical (unpaired) electrons. The molecular weight excluding hydrogens is 482 g/mol. The Morgan fingerprint density at radius 2 is 1.49 bits per heavy atom. The number of ketones is 1. The van der Waals surface area contributed by atoms with Crippen molar-refractivity contribution in [1.29, 1.82) is 0 Å². The number of carbonyl (C=O) groups excluding carboxylic acids is 2. The highest BCUT2D eigenvalue weighted by molar-refractivity contribution is 5.93. The van der Waals surface area contributed by atoms with Gasteiger partial charge in [0.1, 0.15) is 17.3 Å². The van der Waals surface area contributed by atoms with Gasteiger partial charge in [0.2, 0.25) is 5.91 Å². The molecule has 3 aromatic carbocycles. The highest BCUT2D eigenvalue weighted by atomic mass is 16.5. The minimum atomic E-state index is -0.129. The molecule has 4 heteroatoms. The van der Waals surface area contributed by atoms with Crippen LogP contribution in [-0.4, -0.2) is 11.7 Å². The molecule has 1 fully saturated rings. The van der Waals surface area contributed by atoms with Crippen LogP contribution in [0.4, 0.5) is 5.69 Å². The molecule has 1 amide bonds. The number of amides is 1. The topological polar surface area (TPSA) is 55.4 Å². The van der Waals surface area contributed by atoms with E-state index >= 15 is 0 Å². The van der Waals surface area contributed by atoms with Gasteiger partial charge in [-0.05, 0) is 47.1 Å². The molecule has 1 saturated carbocycles. The molecule has 2 aliphatic rings. The van der Waals surface area contributed by atoms with Crippen molar-refractivity contribution in [3.05, 3.63) is 89.0 Å². The molecule has 204 valence electrons. The van der Waals surface area contributed by atoms with Crippen molar-refractivity contribution in [3.63, 3.8) is 0 Å². The zero-order valence-electron chi connectivity index (χ0n) is 23.6. The number of benzene rings is 3. The maximum Gasteiger partial charge on any atom is 0.225 e. The molecule has 0 bridgehead atoms. The maximum atomic E-state index is 13.6. The van der Waals surface area contributed by atoms with Crippen molar-refractivity contribution in [1.82, 2.24) is 0 Å². The Morgan fingerprint density at radius 3 is 2.13 bits per heavy atom. The van der Waals surface area contributed by atoms with E-state index in [0.29, 0.717) is 31.0 Å². The Balaban J connectivity index is 1.31. The second kappa shape index (κ2) is 11.8. The molecule has 4 nitrogen and oxygen atoms in total. The van der Waals surface area contributed by atoms with Crippen LogP contribution in [0.25, 0.3) is 0 Å². The highest BCUT2D eigenvalue weighted by Gasteiger charge is 2.29. The number of anilines is 1. The summed E-state index contributed by atoms with van der Waals surface area (Å²) in [7, 11) is 0. The number of rotatable bonds is 8. The van der Waals surface area contributed by atoms with Crippen LogP contribution in [0.1, 0.15) is 100 Å². The summed E-state index contributed by atoms with van der Waals surface area (Å²) in [6.45, 7) is 6.49. The number of nitrogens with one attached hydrogen (secondary N) is 1. The van der Waals surface area contributed by atoms with Crippen LogP contribution >= 0.6 is 0 Å². The maximum absolute atomic E-state index is 13.6. The fourth-order valence-corrected chi connectivity index (χ4v) is 6.22. The van der Waals surface area contributed by atoms with Gasteiger partial charge < -0.3 is 10.1 Å². The number of carbonyl (C=O) groups is 2. The second-order valence-electron chi connectivity index (χ2n) is 12.4. The van der Waals surface area contributed by atoms with Gasteiger partial charge >= 0.3 is 0 Å². The van der Waals surface area contributed by atoms with Crippen molar-refractivity contribution >= 4 is 17.4 Å². The second-order valence-corrected chi connectivity index (χ2v) is 12.4. The molecule has 0 atom stereocenters. The first-order chi connectivity index (χ1) is 18.8. The zero-order chi connectivity index (χ0) is 27.4. The van der Waals surface area contributed by atoms with Gasteiger partial charge in [-0.25, -0.2) is 0 Å². The lowest BCUT2D eigenvalue weighted by Crippen LogP contribution is -2.22. The number of aryl methyl sites for hydroxylation is 1. The monoisotopic (exact) mass is 523 g/mol. The van der Waals surface area contributed by atoms with Gasteiger partial charge in [-0.15, -0.1) is 0 Å². The van der Waals surface area contributed by atoms with Crippen molar-refractivity contribution in [2.75, 3.05) is 5.32 Å². The molecule has 1 N–H and O–H groups in total. The Bertz CT molecular complexity index is 1280. The molecule has 0 saturated heterocycles. The quantitative estimate of drug-likeness (QED) is 0.321. The lowest BCUT2D eigenvalue weighted by molar-refractivity contribution is -0.120. The van der Waals surface area contributed by atoms with E-state index in [9.17, 15) is 9.59 Å². The van der Waals surface area contributed by atoms with E-state index in [2.05, 4.69) is 56.4 Å². The number of hydrogen-bond acceptors (Lipinski definition) is 3. The van der Waals surface area contributed by atoms with Crippen LogP contribution in [0.3, 0.4) is 0 Å². The van der Waals surface area contributed by atoms with Crippen molar-refractivity contribution < 1.29 is 14.3 Å². The van der Waals surface area contributed by atoms with Crippen LogP contribution in [-0.2, 0) is 21.4 Å². The number of fused-ring (bicyclic) bond motifs is 2. The summed E-state index contributed by atoms with van der Waals surface area (Å²) in [5, 5.41) is 3.26. The summed E-state index contributed by atoms with van der Waals surface area (Å²) >= 11 is 0. The normalized spacial score (nSPS) is 15.7. The van der Waals surface area contributed by atoms with Gasteiger partial charge in [-0.2, -0.15) is 0 Å². The lowest BCUT2D eigenvalue weighted by atomic mass is 9.83. The van der Waals surface area contributed by atoms with E-state index in [4.69, 9.17) is 4.74 Å². The summed E-state index contributed by atoms with van der Waals surface area (Å²) in [6, 6.07) is 22.3. The summed E-state index contributed by atoms with van der Waals surface area (Å²) in [4.78, 5) is 26.3. The number of Topliss-reactive ketones (excluding diaryl/α,β-unsaturated/α-hetero) is 1. The first kappa shape index (κ1) is 27.2. The fraction of sp³-hybridized carbons (Fsp3) is 0.429. The molecule has 1 heterocycles. The molecular formula is C35H41NO3. The Labute approximate surface area is 233 Å². The van der Waals surface area contributed by atoms with Crippen LogP contribution in [0.15, 0.2) is 66.7 Å². The van der Waals surface area contributed by atoms with E-state index in [1.165, 1.54) is 32.1 Å². The van der Waals surface area contributed by atoms with Crippen LogP contribution in [0.5, 0.6) is 11.5 Å². The Morgan fingerprint density at radius 1 is 0.846 bits per heavy atom. The minimum Gasteiger partial charge on any atom is -0.457 e. The lowest BCUT2D eigenvalue weighted by Gasteiger charge is -2.28. The van der Waals surface area contributed by atoms with Gasteiger partial charge in [0.15, 0.2) is 0 Å². The van der Waals surface area contributed by atoms with Gasteiger partial charge in [-0.3, -0.25) is 9.59 Å². The molecule has 1 aliphatic heterocycles. The van der Waals surface area contributed by atoms with E-state index in [1.807, 2.05) is 36.4 Å². The number of hydrogen-bond donors (Lipinski definition) is 1. The van der Waals surface area contributed by atoms with Gasteiger partial charge in [0.25, 0.3) is 0 Å². The molecule has 3 aromatic rings. The third-order valence-corrected chi connectivity index (χ3v) is 8.30. The Hall–Kier alpha value is -3.40. The molecule has 0 unspecified atom stereocenters. The first-order valence-electron chi connectivity index (χ1n) is 14.6. The third kappa shape index (κ3) is 6.61. The molecule has 0 aromatic heterocycles. The fourth-order valence-electron chi connectivity index (χ4n) is 6.22. The van der Waals surface area contributed by atoms with Crippen LogP contribution in [0.2, 0.25) is 0 Å². The summed E-state index contributed by atoms with van der Waals surface area (Å²) in [6.07, 6.45) is 8.55. The molecule has 39 heavy (non-hydrogen) atoms. The predicted octanol–water partition coefficient (Wildman–Crippen LogP) is 8.72. The highest BCUT2D eigenvalue weighted by Crippen LogP contribution is 2.45. The SMILES string of the molecule is CC(C)(C)c1ccc(CCC(=O)CC2CCCCC2)cc1NC(=O)CC1c2ccccc2Oc2ccccc21. The summed E-state index contributed by atoms with van der Waals surface area (Å²) in [5.41, 5.74) is 4.98. The van der Waals surface area contributed by atoms with E-state index in [1.54, 1.807) is 0 Å². The van der Waals surface area contributed by atoms with E-state index in [-0.39, 0.29) is 17.2 Å². The molecule has 1 aliphatic carbocycles. The molecule has 0 spiro atoms. The Kier molecular flexibility index (Phi) is 8.20. The average molecular weight is 524 g/mol. The third-order valence-electron chi connectivity index (χ3n) is 8.30. The minimum absolute atomic E-state index is 0.0254. The smallest absolute Gasteiger partial charge is 0.225 e. The zero-order valence-corrected chi connectivity index (χ0v) is 23.6. The number of para-hydroxylation sites is 2. The number of ether oxygens (including phenoxy) is 1. The van der Waals surface area contributed by atoms with Crippen LogP contribution < -0.4 is 10.1 Å². The summed E-state index contributed by atoms with van der Waals surface area (Å²) in [5.74, 6) is 2.45. The van der Waals surface area contributed by atoms with Crippen molar-refractivity contribution in [2.45, 2.75) is 89.9 Å².